The summed E-state index contributed by atoms with van der Waals surface area (Å²) in [7, 11) is 0. The number of rotatable bonds is 3. The molecule has 0 saturated heterocycles. The first-order valence-corrected chi connectivity index (χ1v) is 7.96. The van der Waals surface area contributed by atoms with Crippen LogP contribution in [-0.2, 0) is 5.54 Å². The second-order valence-electron chi connectivity index (χ2n) is 8.38. The van der Waals surface area contributed by atoms with Crippen molar-refractivity contribution in [2.45, 2.75) is 65.3 Å². The predicted octanol–water partition coefficient (Wildman–Crippen LogP) is 4.67. The molecule has 0 aliphatic heterocycles. The van der Waals surface area contributed by atoms with Gasteiger partial charge in [-0.05, 0) is 56.7 Å². The maximum Gasteiger partial charge on any atom is 0.113 e. The molecule has 0 unspecified atom stereocenters. The standard InChI is InChI=1S/C18H27N3/c1-17(2,3)11-18(4,5)21-15-9-8-13(19)10-14(15)20-16(21)12-6-7-12/h8-10,12H,6-7,11,19H2,1-5H3. The maximum absolute atomic E-state index is 5.94. The first kappa shape index (κ1) is 14.4. The number of fused-ring (bicyclic) bond motifs is 1. The van der Waals surface area contributed by atoms with Gasteiger partial charge in [0.15, 0.2) is 0 Å². The van der Waals surface area contributed by atoms with E-state index in [9.17, 15) is 0 Å². The third-order valence-electron chi connectivity index (χ3n) is 4.22. The van der Waals surface area contributed by atoms with Gasteiger partial charge in [-0.15, -0.1) is 0 Å². The molecular weight excluding hydrogens is 258 g/mol. The van der Waals surface area contributed by atoms with Gasteiger partial charge in [0.05, 0.1) is 11.0 Å². The molecular formula is C18H27N3. The molecule has 1 aliphatic rings. The number of nitrogens with two attached hydrogens (primary N) is 1. The van der Waals surface area contributed by atoms with Crippen LogP contribution in [0.3, 0.4) is 0 Å². The van der Waals surface area contributed by atoms with E-state index < -0.39 is 0 Å². The molecule has 1 aromatic carbocycles. The van der Waals surface area contributed by atoms with Gasteiger partial charge in [-0.3, -0.25) is 0 Å². The zero-order chi connectivity index (χ0) is 15.4. The zero-order valence-electron chi connectivity index (χ0n) is 13.9. The van der Waals surface area contributed by atoms with Gasteiger partial charge < -0.3 is 10.3 Å². The number of benzene rings is 1. The van der Waals surface area contributed by atoms with E-state index in [0.29, 0.717) is 5.92 Å². The minimum atomic E-state index is 0.0566. The van der Waals surface area contributed by atoms with E-state index in [0.717, 1.165) is 17.6 Å². The highest BCUT2D eigenvalue weighted by molar-refractivity contribution is 5.80. The van der Waals surface area contributed by atoms with Gasteiger partial charge >= 0.3 is 0 Å². The van der Waals surface area contributed by atoms with Crippen LogP contribution in [0.1, 0.15) is 65.6 Å². The third-order valence-corrected chi connectivity index (χ3v) is 4.22. The van der Waals surface area contributed by atoms with Gasteiger partial charge in [0.2, 0.25) is 0 Å². The van der Waals surface area contributed by atoms with Crippen molar-refractivity contribution in [3.05, 3.63) is 24.0 Å². The quantitative estimate of drug-likeness (QED) is 0.833. The lowest BCUT2D eigenvalue weighted by atomic mass is 9.81. The van der Waals surface area contributed by atoms with Gasteiger partial charge in [0.25, 0.3) is 0 Å². The van der Waals surface area contributed by atoms with Crippen molar-refractivity contribution in [3.63, 3.8) is 0 Å². The normalized spacial score (nSPS) is 16.6. The van der Waals surface area contributed by atoms with Crippen LogP contribution >= 0.6 is 0 Å². The first-order chi connectivity index (χ1) is 9.67. The molecule has 1 heterocycles. The molecule has 2 N–H and O–H groups in total. The Kier molecular flexibility index (Phi) is 3.09. The van der Waals surface area contributed by atoms with Crippen LogP contribution in [0.2, 0.25) is 0 Å². The summed E-state index contributed by atoms with van der Waals surface area (Å²) < 4.78 is 2.48. The lowest BCUT2D eigenvalue weighted by molar-refractivity contribution is 0.215. The van der Waals surface area contributed by atoms with Crippen LogP contribution in [0.4, 0.5) is 5.69 Å². The van der Waals surface area contributed by atoms with Gasteiger partial charge in [-0.1, -0.05) is 20.8 Å². The van der Waals surface area contributed by atoms with Gasteiger partial charge in [-0.25, -0.2) is 4.98 Å². The predicted molar refractivity (Wildman–Crippen MR) is 89.5 cm³/mol. The number of nitrogens with zero attached hydrogens (tertiary/aromatic N) is 2. The van der Waals surface area contributed by atoms with E-state index in [2.05, 4.69) is 45.3 Å². The lowest BCUT2D eigenvalue weighted by Gasteiger charge is -2.35. The topological polar surface area (TPSA) is 43.8 Å². The first-order valence-electron chi connectivity index (χ1n) is 7.96. The number of hydrogen-bond acceptors (Lipinski definition) is 2. The summed E-state index contributed by atoms with van der Waals surface area (Å²) in [6.45, 7) is 11.6. The third kappa shape index (κ3) is 2.78. The molecule has 0 radical (unpaired) electrons. The largest absolute Gasteiger partial charge is 0.399 e. The summed E-state index contributed by atoms with van der Waals surface area (Å²) in [5, 5.41) is 0. The Morgan fingerprint density at radius 1 is 1.19 bits per heavy atom. The maximum atomic E-state index is 5.94. The molecule has 0 bridgehead atoms. The number of anilines is 1. The Morgan fingerprint density at radius 3 is 2.43 bits per heavy atom. The molecule has 21 heavy (non-hydrogen) atoms. The van der Waals surface area contributed by atoms with Crippen molar-refractivity contribution in [3.8, 4) is 0 Å². The van der Waals surface area contributed by atoms with Crippen molar-refractivity contribution in [2.75, 3.05) is 5.73 Å². The van der Waals surface area contributed by atoms with Crippen LogP contribution in [0.15, 0.2) is 18.2 Å². The minimum Gasteiger partial charge on any atom is -0.399 e. The van der Waals surface area contributed by atoms with Gasteiger partial charge in [-0.2, -0.15) is 0 Å². The molecule has 1 fully saturated rings. The lowest BCUT2D eigenvalue weighted by Crippen LogP contribution is -2.32. The Labute approximate surface area is 127 Å². The van der Waals surface area contributed by atoms with Crippen molar-refractivity contribution in [1.82, 2.24) is 9.55 Å². The van der Waals surface area contributed by atoms with Gasteiger partial charge in [0, 0.05) is 17.1 Å². The van der Waals surface area contributed by atoms with Crippen molar-refractivity contribution >= 4 is 16.7 Å². The van der Waals surface area contributed by atoms with E-state index >= 15 is 0 Å². The average molecular weight is 285 g/mol. The number of hydrogen-bond donors (Lipinski definition) is 1. The second kappa shape index (κ2) is 4.49. The van der Waals surface area contributed by atoms with E-state index in [1.54, 1.807) is 0 Å². The van der Waals surface area contributed by atoms with Crippen molar-refractivity contribution in [2.24, 2.45) is 5.41 Å². The van der Waals surface area contributed by atoms with Crippen molar-refractivity contribution in [1.29, 1.82) is 0 Å². The number of imidazole rings is 1. The molecule has 1 aliphatic carbocycles. The highest BCUT2D eigenvalue weighted by Crippen LogP contribution is 2.44. The molecule has 114 valence electrons. The van der Waals surface area contributed by atoms with E-state index in [1.807, 2.05) is 12.1 Å². The SMILES string of the molecule is CC(C)(C)CC(C)(C)n1c(C2CC2)nc2cc(N)ccc21. The molecule has 0 spiro atoms. The van der Waals surface area contributed by atoms with Crippen LogP contribution in [0.25, 0.3) is 11.0 Å². The summed E-state index contributed by atoms with van der Waals surface area (Å²) >= 11 is 0. The van der Waals surface area contributed by atoms with Crippen LogP contribution in [0, 0.1) is 5.41 Å². The smallest absolute Gasteiger partial charge is 0.113 e. The summed E-state index contributed by atoms with van der Waals surface area (Å²) in [5.74, 6) is 1.89. The molecule has 3 heteroatoms. The molecule has 1 saturated carbocycles. The highest BCUT2D eigenvalue weighted by Gasteiger charge is 2.36. The Hall–Kier alpha value is -1.51. The minimum absolute atomic E-state index is 0.0566. The fourth-order valence-corrected chi connectivity index (χ4v) is 3.74. The molecule has 0 amide bonds. The Morgan fingerprint density at radius 2 is 1.86 bits per heavy atom. The van der Waals surface area contributed by atoms with Crippen LogP contribution < -0.4 is 5.73 Å². The monoisotopic (exact) mass is 285 g/mol. The Balaban J connectivity index is 2.17. The zero-order valence-corrected chi connectivity index (χ0v) is 13.9. The van der Waals surface area contributed by atoms with Crippen LogP contribution in [-0.4, -0.2) is 9.55 Å². The summed E-state index contributed by atoms with van der Waals surface area (Å²) in [4.78, 5) is 4.91. The number of nitrogen functional groups attached to an aromatic ring is 1. The molecule has 3 rings (SSSR count). The summed E-state index contributed by atoms with van der Waals surface area (Å²) in [6.07, 6.45) is 3.66. The summed E-state index contributed by atoms with van der Waals surface area (Å²) in [5.41, 5.74) is 9.34. The highest BCUT2D eigenvalue weighted by atomic mass is 15.1. The fraction of sp³-hybridized carbons (Fsp3) is 0.611. The van der Waals surface area contributed by atoms with E-state index in [-0.39, 0.29) is 11.0 Å². The van der Waals surface area contributed by atoms with E-state index in [4.69, 9.17) is 10.7 Å². The van der Waals surface area contributed by atoms with Gasteiger partial charge in [0.1, 0.15) is 5.82 Å². The fourth-order valence-electron chi connectivity index (χ4n) is 3.74. The Bertz CT molecular complexity index is 670. The second-order valence-corrected chi connectivity index (χ2v) is 8.38. The molecule has 2 aromatic rings. The summed E-state index contributed by atoms with van der Waals surface area (Å²) in [6, 6.07) is 6.13. The van der Waals surface area contributed by atoms with E-state index in [1.165, 1.54) is 24.2 Å². The molecule has 0 atom stereocenters. The van der Waals surface area contributed by atoms with Crippen LogP contribution in [0.5, 0.6) is 0 Å². The molecule has 3 nitrogen and oxygen atoms in total. The van der Waals surface area contributed by atoms with Crippen molar-refractivity contribution < 1.29 is 0 Å². The number of aromatic nitrogens is 2. The average Bonchev–Trinajstić information content (AvgIpc) is 3.06. The molecule has 1 aromatic heterocycles.